The first kappa shape index (κ1) is 17.1. The number of benzene rings is 1. The van der Waals surface area contributed by atoms with Gasteiger partial charge in [0.15, 0.2) is 22.9 Å². The van der Waals surface area contributed by atoms with Gasteiger partial charge in [0, 0.05) is 12.0 Å². The minimum atomic E-state index is -0.278. The van der Waals surface area contributed by atoms with Gasteiger partial charge in [0.25, 0.3) is 5.56 Å². The van der Waals surface area contributed by atoms with Gasteiger partial charge in [-0.3, -0.25) is 19.8 Å². The number of H-pyrrole nitrogens is 2. The van der Waals surface area contributed by atoms with Crippen LogP contribution in [0.1, 0.15) is 34.0 Å². The molecule has 0 saturated heterocycles. The number of fused-ring (bicyclic) bond motifs is 2. The highest BCUT2D eigenvalue weighted by Gasteiger charge is 2.30. The number of methoxy groups -OCH3 is 3. The molecule has 0 amide bonds. The molecule has 0 bridgehead atoms. The fourth-order valence-electron chi connectivity index (χ4n) is 3.61. The molecule has 0 radical (unpaired) electrons. The van der Waals surface area contributed by atoms with E-state index >= 15 is 0 Å². The highest BCUT2D eigenvalue weighted by Crippen LogP contribution is 2.42. The van der Waals surface area contributed by atoms with E-state index in [2.05, 4.69) is 15.2 Å². The summed E-state index contributed by atoms with van der Waals surface area (Å²) < 4.78 is 16.2. The highest BCUT2D eigenvalue weighted by molar-refractivity contribution is 6.01. The molecule has 4 rings (SSSR count). The summed E-state index contributed by atoms with van der Waals surface area (Å²) in [6.45, 7) is 0. The van der Waals surface area contributed by atoms with Crippen molar-refractivity contribution in [3.05, 3.63) is 45.4 Å². The highest BCUT2D eigenvalue weighted by atomic mass is 16.5. The Morgan fingerprint density at radius 1 is 0.963 bits per heavy atom. The van der Waals surface area contributed by atoms with Gasteiger partial charge in [-0.05, 0) is 36.1 Å². The molecule has 0 spiro atoms. The Bertz CT molecular complexity index is 1070. The standard InChI is InChI=1S/C19H19N3O5/c1-25-15-6-10(7-16(26-2)17(15)27-3)9-4-13-11(14(23)5-9)8-12-18(20-13)21-22-19(12)24/h6-9H,4-5H2,1-3H3,(H2,20,21,22,24)/t9-/m1/s1. The van der Waals surface area contributed by atoms with Crippen LogP contribution in [0.2, 0.25) is 0 Å². The van der Waals surface area contributed by atoms with Gasteiger partial charge in [0.05, 0.1) is 32.4 Å². The summed E-state index contributed by atoms with van der Waals surface area (Å²) in [5.41, 5.74) is 2.27. The van der Waals surface area contributed by atoms with Gasteiger partial charge in [0.2, 0.25) is 5.75 Å². The second kappa shape index (κ2) is 6.46. The van der Waals surface area contributed by atoms with Crippen LogP contribution in [0.5, 0.6) is 17.2 Å². The third-order valence-corrected chi connectivity index (χ3v) is 4.97. The summed E-state index contributed by atoms with van der Waals surface area (Å²) in [5.74, 6) is 1.49. The number of aromatic amines is 2. The van der Waals surface area contributed by atoms with Crippen molar-refractivity contribution in [1.29, 1.82) is 0 Å². The summed E-state index contributed by atoms with van der Waals surface area (Å²) >= 11 is 0. The summed E-state index contributed by atoms with van der Waals surface area (Å²) in [6.07, 6.45) is 0.893. The second-order valence-electron chi connectivity index (χ2n) is 6.44. The summed E-state index contributed by atoms with van der Waals surface area (Å²) in [4.78, 5) is 29.0. The summed E-state index contributed by atoms with van der Waals surface area (Å²) in [5, 5.41) is 5.64. The van der Waals surface area contributed by atoms with Crippen molar-refractivity contribution >= 4 is 16.8 Å². The number of ether oxygens (including phenoxy) is 3. The Kier molecular flexibility index (Phi) is 4.10. The van der Waals surface area contributed by atoms with Crippen LogP contribution >= 0.6 is 0 Å². The fraction of sp³-hybridized carbons (Fsp3) is 0.316. The SMILES string of the molecule is COc1cc([C@H]2CC(=O)c3cc4c(=O)[nH][nH]c4nc3C2)cc(OC)c1OC. The first-order valence-electron chi connectivity index (χ1n) is 8.49. The Balaban J connectivity index is 1.78. The minimum absolute atomic E-state index is 0.0370. The Hall–Kier alpha value is -3.29. The maximum Gasteiger partial charge on any atom is 0.273 e. The van der Waals surface area contributed by atoms with E-state index < -0.39 is 0 Å². The van der Waals surface area contributed by atoms with Crippen LogP contribution in [-0.4, -0.2) is 42.3 Å². The minimum Gasteiger partial charge on any atom is -0.493 e. The van der Waals surface area contributed by atoms with Crippen LogP contribution in [-0.2, 0) is 6.42 Å². The lowest BCUT2D eigenvalue weighted by Crippen LogP contribution is -2.20. The topological polar surface area (TPSA) is 106 Å². The van der Waals surface area contributed by atoms with Crippen LogP contribution in [0, 0.1) is 0 Å². The molecule has 1 aliphatic carbocycles. The predicted octanol–water partition coefficient (Wildman–Crippen LogP) is 2.19. The summed E-state index contributed by atoms with van der Waals surface area (Å²) in [7, 11) is 4.67. The first-order chi connectivity index (χ1) is 13.0. The molecule has 2 N–H and O–H groups in total. The maximum atomic E-state index is 12.7. The number of nitrogens with one attached hydrogen (secondary N) is 2. The largest absolute Gasteiger partial charge is 0.493 e. The number of pyridine rings is 1. The van der Waals surface area contributed by atoms with E-state index in [0.29, 0.717) is 52.4 Å². The number of carbonyl (C=O) groups excluding carboxylic acids is 1. The second-order valence-corrected chi connectivity index (χ2v) is 6.44. The van der Waals surface area contributed by atoms with Gasteiger partial charge in [-0.25, -0.2) is 4.98 Å². The van der Waals surface area contributed by atoms with Crippen molar-refractivity contribution in [3.8, 4) is 17.2 Å². The zero-order valence-electron chi connectivity index (χ0n) is 15.2. The molecule has 140 valence electrons. The molecule has 0 fully saturated rings. The molecule has 3 aromatic rings. The molecule has 1 aliphatic rings. The van der Waals surface area contributed by atoms with Crippen molar-refractivity contribution in [3.63, 3.8) is 0 Å². The van der Waals surface area contributed by atoms with E-state index in [4.69, 9.17) is 14.2 Å². The van der Waals surface area contributed by atoms with E-state index in [1.165, 1.54) is 0 Å². The normalized spacial score (nSPS) is 16.3. The van der Waals surface area contributed by atoms with E-state index in [0.717, 1.165) is 5.56 Å². The van der Waals surface area contributed by atoms with E-state index in [1.807, 2.05) is 12.1 Å². The van der Waals surface area contributed by atoms with Crippen molar-refractivity contribution in [1.82, 2.24) is 15.2 Å². The van der Waals surface area contributed by atoms with E-state index in [1.54, 1.807) is 27.4 Å². The van der Waals surface area contributed by atoms with Gasteiger partial charge in [-0.2, -0.15) is 0 Å². The lowest BCUT2D eigenvalue weighted by Gasteiger charge is -2.24. The summed E-state index contributed by atoms with van der Waals surface area (Å²) in [6, 6.07) is 5.35. The average Bonchev–Trinajstić information content (AvgIpc) is 3.05. The zero-order valence-corrected chi connectivity index (χ0v) is 15.2. The number of hydrogen-bond donors (Lipinski definition) is 2. The molecule has 27 heavy (non-hydrogen) atoms. The molecular formula is C19H19N3O5. The smallest absolute Gasteiger partial charge is 0.273 e. The molecule has 0 aliphatic heterocycles. The van der Waals surface area contributed by atoms with Crippen molar-refractivity contribution in [2.24, 2.45) is 0 Å². The molecule has 1 atom stereocenters. The molecule has 0 unspecified atom stereocenters. The molecule has 1 aromatic carbocycles. The van der Waals surface area contributed by atoms with Gasteiger partial charge >= 0.3 is 0 Å². The maximum absolute atomic E-state index is 12.7. The number of Topliss-reactive ketones (excluding diaryl/α,β-unsaturated/α-hetero) is 1. The quantitative estimate of drug-likeness (QED) is 0.730. The van der Waals surface area contributed by atoms with Gasteiger partial charge in [-0.15, -0.1) is 0 Å². The number of nitrogens with zero attached hydrogens (tertiary/aromatic N) is 1. The van der Waals surface area contributed by atoms with Gasteiger partial charge in [-0.1, -0.05) is 0 Å². The van der Waals surface area contributed by atoms with E-state index in [-0.39, 0.29) is 17.3 Å². The molecule has 2 heterocycles. The molecule has 8 heteroatoms. The number of rotatable bonds is 4. The third-order valence-electron chi connectivity index (χ3n) is 4.97. The van der Waals surface area contributed by atoms with E-state index in [9.17, 15) is 9.59 Å². The molecule has 0 saturated carbocycles. The molecular weight excluding hydrogens is 350 g/mol. The number of carbonyl (C=O) groups is 1. The van der Waals surface area contributed by atoms with Gasteiger partial charge in [0.1, 0.15) is 0 Å². The van der Waals surface area contributed by atoms with Gasteiger partial charge < -0.3 is 14.2 Å². The lowest BCUT2D eigenvalue weighted by atomic mass is 9.81. The number of hydrogen-bond acceptors (Lipinski definition) is 6. The lowest BCUT2D eigenvalue weighted by molar-refractivity contribution is 0.0963. The zero-order chi connectivity index (χ0) is 19.1. The van der Waals surface area contributed by atoms with Crippen molar-refractivity contribution in [2.75, 3.05) is 21.3 Å². The van der Waals surface area contributed by atoms with Crippen LogP contribution in [0.3, 0.4) is 0 Å². The van der Waals surface area contributed by atoms with Crippen molar-refractivity contribution < 1.29 is 19.0 Å². The fourth-order valence-corrected chi connectivity index (χ4v) is 3.61. The van der Waals surface area contributed by atoms with Crippen LogP contribution < -0.4 is 19.8 Å². The Morgan fingerprint density at radius 2 is 1.67 bits per heavy atom. The first-order valence-corrected chi connectivity index (χ1v) is 8.49. The third kappa shape index (κ3) is 2.73. The number of ketones is 1. The average molecular weight is 369 g/mol. The Labute approximate surface area is 154 Å². The van der Waals surface area contributed by atoms with Crippen LogP contribution in [0.15, 0.2) is 23.0 Å². The van der Waals surface area contributed by atoms with Crippen LogP contribution in [0.25, 0.3) is 11.0 Å². The van der Waals surface area contributed by atoms with Crippen LogP contribution in [0.4, 0.5) is 0 Å². The molecule has 2 aromatic heterocycles. The Morgan fingerprint density at radius 3 is 2.30 bits per heavy atom. The molecule has 8 nitrogen and oxygen atoms in total. The van der Waals surface area contributed by atoms with Crippen molar-refractivity contribution in [2.45, 2.75) is 18.8 Å². The number of aromatic nitrogens is 3. The monoisotopic (exact) mass is 369 g/mol. The predicted molar refractivity (Wildman–Crippen MR) is 98.2 cm³/mol.